The zero-order valence-corrected chi connectivity index (χ0v) is 20.3. The monoisotopic (exact) mass is 485 g/mol. The number of benzene rings is 1. The summed E-state index contributed by atoms with van der Waals surface area (Å²) in [6.45, 7) is 1.75. The fourth-order valence-corrected chi connectivity index (χ4v) is 5.65. The molecule has 1 atom stereocenters. The smallest absolute Gasteiger partial charge is 0.244 e. The van der Waals surface area contributed by atoms with Gasteiger partial charge in [0, 0.05) is 26.2 Å². The summed E-state index contributed by atoms with van der Waals surface area (Å²) in [5, 5.41) is 10.1. The Morgan fingerprint density at radius 1 is 1.35 bits per heavy atom. The molecule has 11 heteroatoms. The van der Waals surface area contributed by atoms with E-state index in [1.165, 1.54) is 63.7 Å². The van der Waals surface area contributed by atoms with Gasteiger partial charge >= 0.3 is 0 Å². The van der Waals surface area contributed by atoms with E-state index >= 15 is 0 Å². The number of aromatic nitrogens is 3. The largest absolute Gasteiger partial charge is 0.325 e. The van der Waals surface area contributed by atoms with Crippen LogP contribution in [0.1, 0.15) is 44.9 Å². The second-order valence-corrected chi connectivity index (χ2v) is 11.8. The standard InChI is InChI=1S/C20H28ClN5O3S2/c1-13(30-20-23-18(24-25-20)11-8-14-6-4-5-7-14)19(27)22-15-9-10-16(21)17(12-15)31(28,29)26(2)3/h9-10,12-14H,4-8,11H2,1-3H3,(H,22,27)(H,23,24,25). The zero-order valence-electron chi connectivity index (χ0n) is 17.9. The molecule has 2 aromatic rings. The highest BCUT2D eigenvalue weighted by Gasteiger charge is 2.23. The molecule has 3 rings (SSSR count). The summed E-state index contributed by atoms with van der Waals surface area (Å²) in [5.41, 5.74) is 0.356. The van der Waals surface area contributed by atoms with Crippen LogP contribution in [0.3, 0.4) is 0 Å². The molecule has 0 radical (unpaired) electrons. The first-order valence-electron chi connectivity index (χ1n) is 10.3. The van der Waals surface area contributed by atoms with E-state index in [2.05, 4.69) is 20.5 Å². The third-order valence-corrected chi connectivity index (χ3v) is 8.64. The van der Waals surface area contributed by atoms with Crippen molar-refractivity contribution >= 4 is 45.0 Å². The van der Waals surface area contributed by atoms with Crippen molar-refractivity contribution in [2.45, 2.75) is 60.8 Å². The lowest BCUT2D eigenvalue weighted by atomic mass is 10.0. The molecule has 1 unspecified atom stereocenters. The van der Waals surface area contributed by atoms with Gasteiger partial charge in [-0.05, 0) is 37.5 Å². The molecule has 0 aliphatic heterocycles. The van der Waals surface area contributed by atoms with Crippen LogP contribution < -0.4 is 5.32 Å². The van der Waals surface area contributed by atoms with Gasteiger partial charge in [-0.3, -0.25) is 9.89 Å². The van der Waals surface area contributed by atoms with E-state index in [4.69, 9.17) is 11.6 Å². The molecule has 0 spiro atoms. The molecule has 8 nitrogen and oxygen atoms in total. The number of carbonyl (C=O) groups is 1. The number of sulfonamides is 1. The summed E-state index contributed by atoms with van der Waals surface area (Å²) < 4.78 is 25.9. The van der Waals surface area contributed by atoms with Crippen LogP contribution in [0.5, 0.6) is 0 Å². The number of nitrogens with one attached hydrogen (secondary N) is 2. The highest BCUT2D eigenvalue weighted by molar-refractivity contribution is 8.00. The van der Waals surface area contributed by atoms with Gasteiger partial charge in [-0.2, -0.15) is 0 Å². The Morgan fingerprint density at radius 2 is 2.06 bits per heavy atom. The first kappa shape index (κ1) is 24.0. The SMILES string of the molecule is CC(Sc1n[nH]c(CCC2CCCC2)n1)C(=O)Nc1ccc(Cl)c(S(=O)(=O)N(C)C)c1. The maximum atomic E-state index is 12.6. The zero-order chi connectivity index (χ0) is 22.6. The van der Waals surface area contributed by atoms with Crippen LogP contribution in [0.25, 0.3) is 0 Å². The number of aromatic amines is 1. The van der Waals surface area contributed by atoms with Crippen molar-refractivity contribution in [1.82, 2.24) is 19.5 Å². The number of rotatable bonds is 9. The molecule has 0 saturated heterocycles. The number of hydrogen-bond acceptors (Lipinski definition) is 6. The predicted octanol–water partition coefficient (Wildman–Crippen LogP) is 3.95. The number of thioether (sulfide) groups is 1. The lowest BCUT2D eigenvalue weighted by Gasteiger charge is -2.15. The highest BCUT2D eigenvalue weighted by Crippen LogP contribution is 2.29. The van der Waals surface area contributed by atoms with Crippen LogP contribution in [-0.2, 0) is 21.2 Å². The summed E-state index contributed by atoms with van der Waals surface area (Å²) in [6.07, 6.45) is 7.23. The average molecular weight is 486 g/mol. The minimum atomic E-state index is -3.72. The Kier molecular flexibility index (Phi) is 8.01. The Balaban J connectivity index is 1.58. The lowest BCUT2D eigenvalue weighted by Crippen LogP contribution is -2.24. The molecule has 170 valence electrons. The highest BCUT2D eigenvalue weighted by atomic mass is 35.5. The minimum Gasteiger partial charge on any atom is -0.325 e. The molecule has 1 aromatic carbocycles. The third kappa shape index (κ3) is 6.21. The summed E-state index contributed by atoms with van der Waals surface area (Å²) in [7, 11) is -0.873. The Hall–Kier alpha value is -1.62. The van der Waals surface area contributed by atoms with E-state index in [-0.39, 0.29) is 15.8 Å². The molecule has 0 bridgehead atoms. The number of H-pyrrole nitrogens is 1. The fourth-order valence-electron chi connectivity index (χ4n) is 3.51. The van der Waals surface area contributed by atoms with E-state index in [1.807, 2.05) is 0 Å². The Labute approximate surface area is 192 Å². The predicted molar refractivity (Wildman–Crippen MR) is 123 cm³/mol. The molecule has 1 fully saturated rings. The van der Waals surface area contributed by atoms with Gasteiger partial charge in [0.1, 0.15) is 10.7 Å². The van der Waals surface area contributed by atoms with Crippen molar-refractivity contribution < 1.29 is 13.2 Å². The van der Waals surface area contributed by atoms with Crippen LogP contribution in [0.2, 0.25) is 5.02 Å². The van der Waals surface area contributed by atoms with Crippen LogP contribution in [-0.4, -0.2) is 53.2 Å². The van der Waals surface area contributed by atoms with E-state index in [0.717, 1.165) is 28.9 Å². The van der Waals surface area contributed by atoms with E-state index in [1.54, 1.807) is 13.0 Å². The van der Waals surface area contributed by atoms with Crippen molar-refractivity contribution in [3.63, 3.8) is 0 Å². The molecule has 1 heterocycles. The van der Waals surface area contributed by atoms with E-state index in [9.17, 15) is 13.2 Å². The Bertz CT molecular complexity index is 1020. The minimum absolute atomic E-state index is 0.0573. The van der Waals surface area contributed by atoms with Gasteiger partial charge in [0.2, 0.25) is 21.1 Å². The van der Waals surface area contributed by atoms with Gasteiger partial charge in [0.05, 0.1) is 10.3 Å². The first-order chi connectivity index (χ1) is 14.7. The normalized spacial score (nSPS) is 16.0. The van der Waals surface area contributed by atoms with Crippen LogP contribution in [0.15, 0.2) is 28.3 Å². The van der Waals surface area contributed by atoms with Crippen molar-refractivity contribution in [3.8, 4) is 0 Å². The summed E-state index contributed by atoms with van der Waals surface area (Å²) >= 11 is 7.31. The molecule has 1 aliphatic carbocycles. The number of halogens is 1. The van der Waals surface area contributed by atoms with Gasteiger partial charge in [0.15, 0.2) is 0 Å². The number of nitrogens with zero attached hydrogens (tertiary/aromatic N) is 3. The van der Waals surface area contributed by atoms with Crippen molar-refractivity contribution in [2.75, 3.05) is 19.4 Å². The number of carbonyl (C=O) groups excluding carboxylic acids is 1. The van der Waals surface area contributed by atoms with Crippen molar-refractivity contribution in [1.29, 1.82) is 0 Å². The Morgan fingerprint density at radius 3 is 2.74 bits per heavy atom. The number of hydrogen-bond donors (Lipinski definition) is 2. The topological polar surface area (TPSA) is 108 Å². The molecule has 1 amide bonds. The first-order valence-corrected chi connectivity index (χ1v) is 13.0. The maximum Gasteiger partial charge on any atom is 0.244 e. The summed E-state index contributed by atoms with van der Waals surface area (Å²) in [6, 6.07) is 4.39. The fraction of sp³-hybridized carbons (Fsp3) is 0.550. The van der Waals surface area contributed by atoms with Gasteiger partial charge in [-0.15, -0.1) is 5.10 Å². The number of amides is 1. The second-order valence-electron chi connectivity index (χ2n) is 7.94. The number of anilines is 1. The van der Waals surface area contributed by atoms with Gasteiger partial charge in [-0.1, -0.05) is 49.0 Å². The lowest BCUT2D eigenvalue weighted by molar-refractivity contribution is -0.115. The quantitative estimate of drug-likeness (QED) is 0.520. The maximum absolute atomic E-state index is 12.6. The van der Waals surface area contributed by atoms with Crippen molar-refractivity contribution in [2.24, 2.45) is 5.92 Å². The summed E-state index contributed by atoms with van der Waals surface area (Å²) in [4.78, 5) is 17.0. The van der Waals surface area contributed by atoms with Gasteiger partial charge < -0.3 is 5.32 Å². The molecular weight excluding hydrogens is 458 g/mol. The molecular formula is C20H28ClN5O3S2. The van der Waals surface area contributed by atoms with E-state index in [0.29, 0.717) is 10.8 Å². The second kappa shape index (κ2) is 10.3. The van der Waals surface area contributed by atoms with Crippen LogP contribution >= 0.6 is 23.4 Å². The summed E-state index contributed by atoms with van der Waals surface area (Å²) in [5.74, 6) is 1.35. The van der Waals surface area contributed by atoms with Crippen molar-refractivity contribution in [3.05, 3.63) is 29.0 Å². The van der Waals surface area contributed by atoms with Gasteiger partial charge in [0.25, 0.3) is 0 Å². The molecule has 1 aromatic heterocycles. The van der Waals surface area contributed by atoms with Gasteiger partial charge in [-0.25, -0.2) is 17.7 Å². The van der Waals surface area contributed by atoms with Crippen LogP contribution in [0.4, 0.5) is 5.69 Å². The molecule has 31 heavy (non-hydrogen) atoms. The van der Waals surface area contributed by atoms with E-state index < -0.39 is 15.3 Å². The molecule has 1 aliphatic rings. The molecule has 1 saturated carbocycles. The molecule has 2 N–H and O–H groups in total. The van der Waals surface area contributed by atoms with Crippen LogP contribution in [0, 0.1) is 5.92 Å². The number of aryl methyl sites for hydroxylation is 1. The average Bonchev–Trinajstić information content (AvgIpc) is 3.39. The third-order valence-electron chi connectivity index (χ3n) is 5.38.